The normalized spacial score (nSPS) is 18.8. The Bertz CT molecular complexity index is 504. The van der Waals surface area contributed by atoms with Crippen molar-refractivity contribution in [3.63, 3.8) is 0 Å². The van der Waals surface area contributed by atoms with Gasteiger partial charge in [-0.05, 0) is 43.4 Å². The van der Waals surface area contributed by atoms with Crippen molar-refractivity contribution >= 4 is 23.4 Å². The predicted molar refractivity (Wildman–Crippen MR) is 102 cm³/mol. The van der Waals surface area contributed by atoms with Crippen molar-refractivity contribution in [3.8, 4) is 0 Å². The zero-order chi connectivity index (χ0) is 15.9. The number of hydrogen-bond acceptors (Lipinski definition) is 3. The van der Waals surface area contributed by atoms with Crippen LogP contribution in [-0.2, 0) is 6.54 Å². The summed E-state index contributed by atoms with van der Waals surface area (Å²) in [5.41, 5.74) is 2.61. The third-order valence-corrected chi connectivity index (χ3v) is 5.27. The number of guanidine groups is 1. The molecule has 0 radical (unpaired) electrons. The van der Waals surface area contributed by atoms with E-state index >= 15 is 0 Å². The summed E-state index contributed by atoms with van der Waals surface area (Å²) >= 11 is 2.05. The molecule has 0 unspecified atom stereocenters. The van der Waals surface area contributed by atoms with E-state index in [9.17, 15) is 0 Å². The molecule has 1 aromatic carbocycles. The zero-order valence-corrected chi connectivity index (χ0v) is 14.9. The van der Waals surface area contributed by atoms with Gasteiger partial charge in [0.2, 0.25) is 0 Å². The van der Waals surface area contributed by atoms with Crippen LogP contribution >= 0.6 is 11.8 Å². The lowest BCUT2D eigenvalue weighted by molar-refractivity contribution is 0.739. The molecule has 126 valence electrons. The second kappa shape index (κ2) is 8.48. The molecule has 1 saturated heterocycles. The summed E-state index contributed by atoms with van der Waals surface area (Å²) < 4.78 is 0. The van der Waals surface area contributed by atoms with Gasteiger partial charge in [-0.25, -0.2) is 4.99 Å². The first kappa shape index (κ1) is 16.5. The Morgan fingerprint density at radius 1 is 1.17 bits per heavy atom. The van der Waals surface area contributed by atoms with Crippen LogP contribution in [0, 0.1) is 5.92 Å². The fraction of sp³-hybridized carbons (Fsp3) is 0.611. The van der Waals surface area contributed by atoms with Gasteiger partial charge in [0.1, 0.15) is 0 Å². The van der Waals surface area contributed by atoms with Crippen LogP contribution in [-0.4, -0.2) is 43.6 Å². The summed E-state index contributed by atoms with van der Waals surface area (Å²) in [6.45, 7) is 7.13. The van der Waals surface area contributed by atoms with Crippen LogP contribution in [0.4, 0.5) is 5.69 Å². The van der Waals surface area contributed by atoms with E-state index in [2.05, 4.69) is 58.5 Å². The van der Waals surface area contributed by atoms with Gasteiger partial charge in [-0.2, -0.15) is 11.8 Å². The second-order valence-electron chi connectivity index (χ2n) is 6.29. The highest BCUT2D eigenvalue weighted by atomic mass is 32.2. The SMILES string of the molecule is CCNC(=NCc1ccc(N2CCSCC2)cc1)NCC1CC1. The van der Waals surface area contributed by atoms with Crippen molar-refractivity contribution in [1.82, 2.24) is 10.6 Å². The maximum absolute atomic E-state index is 4.70. The summed E-state index contributed by atoms with van der Waals surface area (Å²) in [5.74, 6) is 4.28. The van der Waals surface area contributed by atoms with Gasteiger partial charge in [-0.1, -0.05) is 12.1 Å². The lowest BCUT2D eigenvalue weighted by Crippen LogP contribution is -2.38. The predicted octanol–water partition coefficient (Wildman–Crippen LogP) is 2.70. The fourth-order valence-corrected chi connectivity index (χ4v) is 3.61. The highest BCUT2D eigenvalue weighted by Gasteiger charge is 2.21. The number of hydrogen-bond donors (Lipinski definition) is 2. The Labute approximate surface area is 144 Å². The van der Waals surface area contributed by atoms with Crippen LogP contribution in [0.3, 0.4) is 0 Å². The van der Waals surface area contributed by atoms with E-state index in [-0.39, 0.29) is 0 Å². The van der Waals surface area contributed by atoms with Gasteiger partial charge in [0.15, 0.2) is 5.96 Å². The van der Waals surface area contributed by atoms with Gasteiger partial charge in [0.25, 0.3) is 0 Å². The largest absolute Gasteiger partial charge is 0.370 e. The molecule has 2 aliphatic rings. The first-order valence-corrected chi connectivity index (χ1v) is 9.94. The monoisotopic (exact) mass is 332 g/mol. The van der Waals surface area contributed by atoms with Crippen molar-refractivity contribution < 1.29 is 0 Å². The molecule has 0 aromatic heterocycles. The van der Waals surface area contributed by atoms with Crippen molar-refractivity contribution in [2.45, 2.75) is 26.3 Å². The highest BCUT2D eigenvalue weighted by molar-refractivity contribution is 7.99. The molecule has 1 saturated carbocycles. The molecule has 0 bridgehead atoms. The summed E-state index contributed by atoms with van der Waals surface area (Å²) in [4.78, 5) is 7.18. The lowest BCUT2D eigenvalue weighted by atomic mass is 10.2. The van der Waals surface area contributed by atoms with E-state index < -0.39 is 0 Å². The number of thioether (sulfide) groups is 1. The number of rotatable bonds is 6. The minimum Gasteiger partial charge on any atom is -0.370 e. The van der Waals surface area contributed by atoms with E-state index in [0.29, 0.717) is 0 Å². The van der Waals surface area contributed by atoms with E-state index in [0.717, 1.165) is 44.6 Å². The molecule has 0 spiro atoms. The minimum atomic E-state index is 0.732. The van der Waals surface area contributed by atoms with Crippen LogP contribution in [0.2, 0.25) is 0 Å². The van der Waals surface area contributed by atoms with E-state index in [1.807, 2.05) is 0 Å². The Hall–Kier alpha value is -1.36. The minimum absolute atomic E-state index is 0.732. The van der Waals surface area contributed by atoms with Gasteiger partial charge in [-0.3, -0.25) is 0 Å². The highest BCUT2D eigenvalue weighted by Crippen LogP contribution is 2.27. The molecule has 23 heavy (non-hydrogen) atoms. The van der Waals surface area contributed by atoms with Gasteiger partial charge >= 0.3 is 0 Å². The van der Waals surface area contributed by atoms with Crippen molar-refractivity contribution in [3.05, 3.63) is 29.8 Å². The zero-order valence-electron chi connectivity index (χ0n) is 14.1. The summed E-state index contributed by atoms with van der Waals surface area (Å²) in [6.07, 6.45) is 2.73. The molecule has 2 fully saturated rings. The third-order valence-electron chi connectivity index (χ3n) is 4.33. The van der Waals surface area contributed by atoms with Crippen LogP contribution in [0.5, 0.6) is 0 Å². The number of anilines is 1. The molecule has 0 atom stereocenters. The molecule has 1 aliphatic carbocycles. The van der Waals surface area contributed by atoms with Crippen LogP contribution in [0.1, 0.15) is 25.3 Å². The van der Waals surface area contributed by atoms with Crippen molar-refractivity contribution in [2.75, 3.05) is 42.6 Å². The van der Waals surface area contributed by atoms with Gasteiger partial charge in [-0.15, -0.1) is 0 Å². The van der Waals surface area contributed by atoms with E-state index in [4.69, 9.17) is 4.99 Å². The third kappa shape index (κ3) is 5.34. The lowest BCUT2D eigenvalue weighted by Gasteiger charge is -2.28. The van der Waals surface area contributed by atoms with Gasteiger partial charge < -0.3 is 15.5 Å². The molecular weight excluding hydrogens is 304 g/mol. The quantitative estimate of drug-likeness (QED) is 0.621. The number of nitrogens with zero attached hydrogens (tertiary/aromatic N) is 2. The molecule has 5 heteroatoms. The van der Waals surface area contributed by atoms with Crippen LogP contribution in [0.25, 0.3) is 0 Å². The topological polar surface area (TPSA) is 39.7 Å². The molecule has 0 amide bonds. The summed E-state index contributed by atoms with van der Waals surface area (Å²) in [7, 11) is 0. The smallest absolute Gasteiger partial charge is 0.191 e. The number of nitrogens with one attached hydrogen (secondary N) is 2. The van der Waals surface area contributed by atoms with Crippen LogP contribution < -0.4 is 15.5 Å². The average molecular weight is 333 g/mol. The summed E-state index contributed by atoms with van der Waals surface area (Å²) in [5, 5.41) is 6.77. The standard InChI is InChI=1S/C18H28N4S/c1-2-19-18(20-13-15-3-4-15)21-14-16-5-7-17(8-6-16)22-9-11-23-12-10-22/h5-8,15H,2-4,9-14H2,1H3,(H2,19,20,21). The molecule has 1 aliphatic heterocycles. The van der Waals surface area contributed by atoms with Gasteiger partial charge in [0.05, 0.1) is 6.54 Å². The first-order chi connectivity index (χ1) is 11.3. The fourth-order valence-electron chi connectivity index (χ4n) is 2.71. The van der Waals surface area contributed by atoms with Gasteiger partial charge in [0, 0.05) is 43.4 Å². The van der Waals surface area contributed by atoms with Crippen molar-refractivity contribution in [1.29, 1.82) is 0 Å². The number of benzene rings is 1. The summed E-state index contributed by atoms with van der Waals surface area (Å²) in [6, 6.07) is 8.91. The number of aliphatic imine (C=N–C) groups is 1. The van der Waals surface area contributed by atoms with Crippen molar-refractivity contribution in [2.24, 2.45) is 10.9 Å². The maximum Gasteiger partial charge on any atom is 0.191 e. The molecule has 1 heterocycles. The van der Waals surface area contributed by atoms with E-state index in [1.54, 1.807) is 0 Å². The Morgan fingerprint density at radius 2 is 1.91 bits per heavy atom. The van der Waals surface area contributed by atoms with Crippen LogP contribution in [0.15, 0.2) is 29.3 Å². The molecule has 3 rings (SSSR count). The molecule has 1 aromatic rings. The molecule has 2 N–H and O–H groups in total. The average Bonchev–Trinajstić information content (AvgIpc) is 3.43. The second-order valence-corrected chi connectivity index (χ2v) is 7.51. The Balaban J connectivity index is 1.53. The molecular formula is C18H28N4S. The van der Waals surface area contributed by atoms with E-state index in [1.165, 1.54) is 35.6 Å². The Kier molecular flexibility index (Phi) is 6.08. The maximum atomic E-state index is 4.70. The Morgan fingerprint density at radius 3 is 2.57 bits per heavy atom. The molecule has 4 nitrogen and oxygen atoms in total. The first-order valence-electron chi connectivity index (χ1n) is 8.79.